The van der Waals surface area contributed by atoms with Gasteiger partial charge < -0.3 is 5.11 Å². The molecule has 8 heteroatoms. The van der Waals surface area contributed by atoms with Crippen molar-refractivity contribution in [3.63, 3.8) is 0 Å². The van der Waals surface area contributed by atoms with Gasteiger partial charge in [0.25, 0.3) is 0 Å². The van der Waals surface area contributed by atoms with E-state index in [1.165, 1.54) is 18.3 Å². The van der Waals surface area contributed by atoms with E-state index >= 15 is 0 Å². The van der Waals surface area contributed by atoms with Crippen molar-refractivity contribution in [2.45, 2.75) is 30.2 Å². The van der Waals surface area contributed by atoms with Crippen molar-refractivity contribution in [2.24, 2.45) is 0 Å². The van der Waals surface area contributed by atoms with Crippen molar-refractivity contribution >= 4 is 16.0 Å². The molecule has 1 fully saturated rings. The second-order valence-electron chi connectivity index (χ2n) is 4.43. The molecule has 7 nitrogen and oxygen atoms in total. The maximum atomic E-state index is 12.6. The van der Waals surface area contributed by atoms with E-state index in [9.17, 15) is 13.2 Å². The number of rotatable bonds is 3. The number of carboxylic acid groups (broad SMARTS) is 1. The third kappa shape index (κ3) is 2.50. The second kappa shape index (κ2) is 5.56. The van der Waals surface area contributed by atoms with Crippen molar-refractivity contribution in [2.75, 3.05) is 6.54 Å². The van der Waals surface area contributed by atoms with Gasteiger partial charge in [-0.05, 0) is 31.4 Å². The Labute approximate surface area is 116 Å². The van der Waals surface area contributed by atoms with Gasteiger partial charge in [-0.3, -0.25) is 4.79 Å². The number of hydrogen-bond donors (Lipinski definition) is 1. The third-order valence-corrected chi connectivity index (χ3v) is 5.14. The van der Waals surface area contributed by atoms with Gasteiger partial charge in [0, 0.05) is 12.7 Å². The number of hydrogen-bond acceptors (Lipinski definition) is 5. The fourth-order valence-electron chi connectivity index (χ4n) is 2.25. The highest BCUT2D eigenvalue weighted by Gasteiger charge is 2.38. The lowest BCUT2D eigenvalue weighted by Crippen LogP contribution is -2.48. The second-order valence-corrected chi connectivity index (χ2v) is 6.29. The number of pyridine rings is 1. The maximum Gasteiger partial charge on any atom is 0.322 e. The molecule has 1 aromatic heterocycles. The molecular formula is C12H13N3O4S. The molecular weight excluding hydrogens is 282 g/mol. The van der Waals surface area contributed by atoms with Gasteiger partial charge in [0.2, 0.25) is 10.0 Å². The van der Waals surface area contributed by atoms with Crippen LogP contribution in [0.5, 0.6) is 0 Å². The number of nitrogens with zero attached hydrogens (tertiary/aromatic N) is 3. The topological polar surface area (TPSA) is 111 Å². The van der Waals surface area contributed by atoms with E-state index in [1.54, 1.807) is 6.07 Å². The Kier molecular flexibility index (Phi) is 4.01. The minimum absolute atomic E-state index is 0.138. The summed E-state index contributed by atoms with van der Waals surface area (Å²) in [5.41, 5.74) is -0.220. The van der Waals surface area contributed by atoms with Crippen LogP contribution in [0.3, 0.4) is 0 Å². The molecule has 0 saturated carbocycles. The molecule has 106 valence electrons. The number of sulfonamides is 1. The van der Waals surface area contributed by atoms with Crippen molar-refractivity contribution < 1.29 is 18.3 Å². The highest BCUT2D eigenvalue weighted by molar-refractivity contribution is 7.89. The molecule has 0 aliphatic carbocycles. The van der Waals surface area contributed by atoms with Crippen LogP contribution in [0, 0.1) is 11.3 Å². The first-order chi connectivity index (χ1) is 9.48. The highest BCUT2D eigenvalue weighted by atomic mass is 32.2. The van der Waals surface area contributed by atoms with Gasteiger partial charge in [0.05, 0.1) is 0 Å². The Bertz CT molecular complexity index is 666. The lowest BCUT2D eigenvalue weighted by atomic mass is 10.1. The van der Waals surface area contributed by atoms with Crippen LogP contribution in [0.25, 0.3) is 0 Å². The van der Waals surface area contributed by atoms with Crippen LogP contribution in [0.15, 0.2) is 23.2 Å². The molecule has 1 saturated heterocycles. The Morgan fingerprint density at radius 1 is 1.50 bits per heavy atom. The molecule has 0 spiro atoms. The third-order valence-electron chi connectivity index (χ3n) is 3.20. The Hall–Kier alpha value is -1.98. The van der Waals surface area contributed by atoms with Gasteiger partial charge in [-0.2, -0.15) is 9.57 Å². The van der Waals surface area contributed by atoms with Crippen LogP contribution >= 0.6 is 0 Å². The van der Waals surface area contributed by atoms with E-state index in [0.29, 0.717) is 12.8 Å². The van der Waals surface area contributed by atoms with E-state index in [0.717, 1.165) is 4.31 Å². The van der Waals surface area contributed by atoms with Gasteiger partial charge >= 0.3 is 5.97 Å². The predicted molar refractivity (Wildman–Crippen MR) is 68.1 cm³/mol. The lowest BCUT2D eigenvalue weighted by molar-refractivity contribution is -0.142. The molecule has 1 atom stereocenters. The summed E-state index contributed by atoms with van der Waals surface area (Å²) < 4.78 is 26.1. The summed E-state index contributed by atoms with van der Waals surface area (Å²) in [4.78, 5) is 14.7. The first-order valence-electron chi connectivity index (χ1n) is 6.08. The smallest absolute Gasteiger partial charge is 0.322 e. The van der Waals surface area contributed by atoms with E-state index in [-0.39, 0.29) is 23.6 Å². The minimum atomic E-state index is -4.03. The molecule has 1 aromatic rings. The number of nitriles is 1. The summed E-state index contributed by atoms with van der Waals surface area (Å²) in [5, 5.41) is 18.1. The molecule has 2 rings (SSSR count). The van der Waals surface area contributed by atoms with Crippen molar-refractivity contribution in [1.82, 2.24) is 9.29 Å². The minimum Gasteiger partial charge on any atom is -0.480 e. The van der Waals surface area contributed by atoms with Crippen LogP contribution in [-0.4, -0.2) is 41.4 Å². The molecule has 2 heterocycles. The zero-order valence-electron chi connectivity index (χ0n) is 10.6. The molecule has 20 heavy (non-hydrogen) atoms. The summed E-state index contributed by atoms with van der Waals surface area (Å²) in [6, 6.07) is 3.32. The zero-order chi connectivity index (χ0) is 14.8. The quantitative estimate of drug-likeness (QED) is 0.873. The summed E-state index contributed by atoms with van der Waals surface area (Å²) >= 11 is 0. The summed E-state index contributed by atoms with van der Waals surface area (Å²) in [5.74, 6) is -1.17. The van der Waals surface area contributed by atoms with Gasteiger partial charge in [-0.15, -0.1) is 0 Å². The molecule has 1 aliphatic rings. The summed E-state index contributed by atoms with van der Waals surface area (Å²) in [7, 11) is -4.03. The van der Waals surface area contributed by atoms with E-state index in [4.69, 9.17) is 10.4 Å². The van der Waals surface area contributed by atoms with Crippen LogP contribution in [0.2, 0.25) is 0 Å². The fraction of sp³-hybridized carbons (Fsp3) is 0.417. The van der Waals surface area contributed by atoms with Gasteiger partial charge in [-0.25, -0.2) is 13.4 Å². The molecule has 0 bridgehead atoms. The zero-order valence-corrected chi connectivity index (χ0v) is 11.4. The lowest BCUT2D eigenvalue weighted by Gasteiger charge is -2.31. The monoisotopic (exact) mass is 295 g/mol. The normalized spacial score (nSPS) is 20.2. The molecule has 1 unspecified atom stereocenters. The van der Waals surface area contributed by atoms with Crippen LogP contribution in [0.1, 0.15) is 25.0 Å². The first kappa shape index (κ1) is 14.4. The fourth-order valence-corrected chi connectivity index (χ4v) is 3.99. The SMILES string of the molecule is N#Cc1ncccc1S(=O)(=O)N1CCCCC1C(=O)O. The number of aliphatic carboxylic acids is 1. The molecule has 0 aromatic carbocycles. The van der Waals surface area contributed by atoms with Crippen molar-refractivity contribution in [3.8, 4) is 6.07 Å². The molecule has 0 amide bonds. The number of carbonyl (C=O) groups is 1. The Morgan fingerprint density at radius 3 is 2.90 bits per heavy atom. The first-order valence-corrected chi connectivity index (χ1v) is 7.52. The van der Waals surface area contributed by atoms with Crippen LogP contribution in [-0.2, 0) is 14.8 Å². The average molecular weight is 295 g/mol. The molecule has 0 radical (unpaired) electrons. The van der Waals surface area contributed by atoms with E-state index in [2.05, 4.69) is 4.98 Å². The van der Waals surface area contributed by atoms with E-state index < -0.39 is 22.0 Å². The predicted octanol–water partition coefficient (Wildman–Crippen LogP) is 0.581. The van der Waals surface area contributed by atoms with Gasteiger partial charge in [0.1, 0.15) is 17.0 Å². The average Bonchev–Trinajstić information content (AvgIpc) is 2.47. The highest BCUT2D eigenvalue weighted by Crippen LogP contribution is 2.26. The van der Waals surface area contributed by atoms with Crippen LogP contribution < -0.4 is 0 Å². The van der Waals surface area contributed by atoms with Crippen molar-refractivity contribution in [3.05, 3.63) is 24.0 Å². The number of aromatic nitrogens is 1. The molecule has 1 aliphatic heterocycles. The largest absolute Gasteiger partial charge is 0.480 e. The Morgan fingerprint density at radius 2 is 2.25 bits per heavy atom. The summed E-state index contributed by atoms with van der Waals surface area (Å²) in [6.07, 6.45) is 2.87. The van der Waals surface area contributed by atoms with Crippen molar-refractivity contribution in [1.29, 1.82) is 5.26 Å². The van der Waals surface area contributed by atoms with E-state index in [1.807, 2.05) is 0 Å². The number of piperidine rings is 1. The van der Waals surface area contributed by atoms with Gasteiger partial charge in [-0.1, -0.05) is 0 Å². The number of carboxylic acids is 1. The maximum absolute atomic E-state index is 12.6. The molecule has 1 N–H and O–H groups in total. The Balaban J connectivity index is 2.48. The van der Waals surface area contributed by atoms with Crippen LogP contribution in [0.4, 0.5) is 0 Å². The van der Waals surface area contributed by atoms with Gasteiger partial charge in [0.15, 0.2) is 5.69 Å². The standard InChI is InChI=1S/C12H13N3O4S/c13-8-9-11(5-3-6-14-9)20(18,19)15-7-2-1-4-10(15)12(16)17/h3,5-6,10H,1-2,4,7H2,(H,16,17). The summed E-state index contributed by atoms with van der Waals surface area (Å²) in [6.45, 7) is 0.138.